The van der Waals surface area contributed by atoms with Crippen molar-refractivity contribution >= 4 is 0 Å². The maximum Gasteiger partial charge on any atom is 0.200 e. The average molecular weight is 209 g/mol. The normalized spacial score (nSPS) is 10.3. The molecule has 0 aliphatic rings. The Bertz CT molecular complexity index is 467. The Hall–Kier alpha value is -2.11. The standard InChI is InChI=1S/C9H5F2N3O/c10-7-1-5(2-8(15)9(7)11)6-3-12-14-13-4-6/h1-4,15H. The number of aromatic nitrogens is 3. The number of benzene rings is 1. The van der Waals surface area contributed by atoms with E-state index in [9.17, 15) is 8.78 Å². The number of halogens is 2. The molecule has 0 radical (unpaired) electrons. The monoisotopic (exact) mass is 209 g/mol. The molecule has 0 fully saturated rings. The highest BCUT2D eigenvalue weighted by Gasteiger charge is 2.10. The van der Waals surface area contributed by atoms with Crippen LogP contribution in [0.15, 0.2) is 24.5 Å². The first-order valence-electron chi connectivity index (χ1n) is 4.00. The first-order chi connectivity index (χ1) is 7.18. The molecule has 0 atom stereocenters. The SMILES string of the molecule is Oc1cc(-c2cnnnc2)cc(F)c1F. The summed E-state index contributed by atoms with van der Waals surface area (Å²) in [4.78, 5) is 0. The third-order valence-corrected chi connectivity index (χ3v) is 1.84. The van der Waals surface area contributed by atoms with E-state index in [1.54, 1.807) is 0 Å². The Kier molecular flexibility index (Phi) is 2.24. The zero-order valence-corrected chi connectivity index (χ0v) is 7.35. The van der Waals surface area contributed by atoms with E-state index in [4.69, 9.17) is 5.11 Å². The van der Waals surface area contributed by atoms with Crippen LogP contribution >= 0.6 is 0 Å². The maximum absolute atomic E-state index is 12.9. The van der Waals surface area contributed by atoms with Crippen molar-refractivity contribution in [2.24, 2.45) is 0 Å². The van der Waals surface area contributed by atoms with Crippen LogP contribution in [0, 0.1) is 11.6 Å². The van der Waals surface area contributed by atoms with Crippen LogP contribution in [0.2, 0.25) is 0 Å². The van der Waals surface area contributed by atoms with E-state index in [1.165, 1.54) is 12.4 Å². The first kappa shape index (κ1) is 9.45. The van der Waals surface area contributed by atoms with E-state index < -0.39 is 17.4 Å². The van der Waals surface area contributed by atoms with Crippen molar-refractivity contribution in [1.82, 2.24) is 15.4 Å². The number of nitrogens with zero attached hydrogens (tertiary/aromatic N) is 3. The van der Waals surface area contributed by atoms with Crippen molar-refractivity contribution in [3.63, 3.8) is 0 Å². The van der Waals surface area contributed by atoms with Gasteiger partial charge in [-0.25, -0.2) is 4.39 Å². The van der Waals surface area contributed by atoms with Gasteiger partial charge in [0.15, 0.2) is 17.4 Å². The predicted molar refractivity (Wildman–Crippen MR) is 46.8 cm³/mol. The molecule has 0 bridgehead atoms. The highest BCUT2D eigenvalue weighted by atomic mass is 19.2. The Labute approximate surface area is 83.2 Å². The molecular weight excluding hydrogens is 204 g/mol. The number of hydrogen-bond donors (Lipinski definition) is 1. The minimum absolute atomic E-state index is 0.286. The van der Waals surface area contributed by atoms with Crippen LogP contribution in [-0.2, 0) is 0 Å². The van der Waals surface area contributed by atoms with Gasteiger partial charge in [-0.3, -0.25) is 0 Å². The third-order valence-electron chi connectivity index (χ3n) is 1.84. The number of phenols is 1. The molecule has 1 heterocycles. The summed E-state index contributed by atoms with van der Waals surface area (Å²) >= 11 is 0. The number of aromatic hydroxyl groups is 1. The molecule has 2 aromatic rings. The van der Waals surface area contributed by atoms with Crippen LogP contribution in [0.4, 0.5) is 8.78 Å². The van der Waals surface area contributed by atoms with Gasteiger partial charge in [-0.2, -0.15) is 4.39 Å². The third kappa shape index (κ3) is 1.74. The molecule has 6 heteroatoms. The summed E-state index contributed by atoms with van der Waals surface area (Å²) in [6.45, 7) is 0. The van der Waals surface area contributed by atoms with Gasteiger partial charge in [0.1, 0.15) is 0 Å². The Morgan fingerprint density at radius 3 is 2.27 bits per heavy atom. The van der Waals surface area contributed by atoms with Crippen LogP contribution in [0.3, 0.4) is 0 Å². The summed E-state index contributed by atoms with van der Waals surface area (Å²) in [5.41, 5.74) is 0.730. The number of phenolic OH excluding ortho intramolecular Hbond substituents is 1. The molecule has 4 nitrogen and oxygen atoms in total. The molecule has 0 amide bonds. The molecular formula is C9H5F2N3O. The van der Waals surface area contributed by atoms with Gasteiger partial charge in [-0.15, -0.1) is 10.2 Å². The second-order valence-electron chi connectivity index (χ2n) is 2.83. The summed E-state index contributed by atoms with van der Waals surface area (Å²) in [5, 5.41) is 19.3. The number of hydrogen-bond acceptors (Lipinski definition) is 4. The van der Waals surface area contributed by atoms with Crippen LogP contribution in [0.25, 0.3) is 11.1 Å². The van der Waals surface area contributed by atoms with Gasteiger partial charge in [0, 0.05) is 5.56 Å². The Balaban J connectivity index is 2.56. The first-order valence-corrected chi connectivity index (χ1v) is 4.00. The van der Waals surface area contributed by atoms with Crippen LogP contribution in [-0.4, -0.2) is 20.5 Å². The van der Waals surface area contributed by atoms with Gasteiger partial charge in [0.25, 0.3) is 0 Å². The summed E-state index contributed by atoms with van der Waals surface area (Å²) in [5.74, 6) is -3.14. The molecule has 0 saturated carbocycles. The molecule has 0 saturated heterocycles. The van der Waals surface area contributed by atoms with Crippen LogP contribution in [0.1, 0.15) is 0 Å². The van der Waals surface area contributed by atoms with Gasteiger partial charge in [0.05, 0.1) is 12.4 Å². The van der Waals surface area contributed by atoms with E-state index in [-0.39, 0.29) is 5.56 Å². The van der Waals surface area contributed by atoms with E-state index in [0.29, 0.717) is 5.56 Å². The molecule has 1 aromatic heterocycles. The summed E-state index contributed by atoms with van der Waals surface area (Å²) < 4.78 is 25.7. The number of rotatable bonds is 1. The van der Waals surface area contributed by atoms with Gasteiger partial charge < -0.3 is 5.11 Å². The summed E-state index contributed by atoms with van der Waals surface area (Å²) in [7, 11) is 0. The summed E-state index contributed by atoms with van der Waals surface area (Å²) in [6.07, 6.45) is 2.66. The molecule has 1 N–H and O–H groups in total. The van der Waals surface area contributed by atoms with Gasteiger partial charge >= 0.3 is 0 Å². The van der Waals surface area contributed by atoms with Gasteiger partial charge in [-0.05, 0) is 22.9 Å². The lowest BCUT2D eigenvalue weighted by molar-refractivity contribution is 0.407. The average Bonchev–Trinajstić information content (AvgIpc) is 2.26. The van der Waals surface area contributed by atoms with Crippen molar-refractivity contribution in [1.29, 1.82) is 0 Å². The van der Waals surface area contributed by atoms with Gasteiger partial charge in [-0.1, -0.05) is 0 Å². The fourth-order valence-electron chi connectivity index (χ4n) is 1.13. The zero-order chi connectivity index (χ0) is 10.8. The van der Waals surface area contributed by atoms with Gasteiger partial charge in [0.2, 0.25) is 0 Å². The maximum atomic E-state index is 12.9. The molecule has 0 aliphatic carbocycles. The molecule has 0 spiro atoms. The molecule has 1 aromatic carbocycles. The van der Waals surface area contributed by atoms with Crippen molar-refractivity contribution in [3.8, 4) is 16.9 Å². The van der Waals surface area contributed by atoms with E-state index >= 15 is 0 Å². The quantitative estimate of drug-likeness (QED) is 0.773. The molecule has 15 heavy (non-hydrogen) atoms. The topological polar surface area (TPSA) is 58.9 Å². The highest BCUT2D eigenvalue weighted by Crippen LogP contribution is 2.26. The fourth-order valence-corrected chi connectivity index (χ4v) is 1.13. The van der Waals surface area contributed by atoms with E-state index in [1.807, 2.05) is 0 Å². The van der Waals surface area contributed by atoms with E-state index in [2.05, 4.69) is 15.4 Å². The lowest BCUT2D eigenvalue weighted by atomic mass is 10.1. The van der Waals surface area contributed by atoms with Crippen LogP contribution < -0.4 is 0 Å². The molecule has 0 aliphatic heterocycles. The van der Waals surface area contributed by atoms with Crippen molar-refractivity contribution in [2.75, 3.05) is 0 Å². The minimum Gasteiger partial charge on any atom is -0.505 e. The highest BCUT2D eigenvalue weighted by molar-refractivity contribution is 5.63. The lowest BCUT2D eigenvalue weighted by Crippen LogP contribution is -1.90. The Morgan fingerprint density at radius 2 is 1.67 bits per heavy atom. The largest absolute Gasteiger partial charge is 0.505 e. The zero-order valence-electron chi connectivity index (χ0n) is 7.35. The van der Waals surface area contributed by atoms with Crippen molar-refractivity contribution in [2.45, 2.75) is 0 Å². The van der Waals surface area contributed by atoms with Crippen LogP contribution in [0.5, 0.6) is 5.75 Å². The summed E-state index contributed by atoms with van der Waals surface area (Å²) in [6, 6.07) is 2.05. The van der Waals surface area contributed by atoms with Crippen molar-refractivity contribution < 1.29 is 13.9 Å². The molecule has 2 rings (SSSR count). The van der Waals surface area contributed by atoms with E-state index in [0.717, 1.165) is 12.1 Å². The molecule has 76 valence electrons. The van der Waals surface area contributed by atoms with Crippen molar-refractivity contribution in [3.05, 3.63) is 36.2 Å². The second-order valence-corrected chi connectivity index (χ2v) is 2.83. The predicted octanol–water partition coefficient (Wildman–Crippen LogP) is 1.52. The fraction of sp³-hybridized carbons (Fsp3) is 0. The smallest absolute Gasteiger partial charge is 0.200 e. The second kappa shape index (κ2) is 3.56. The Morgan fingerprint density at radius 1 is 1.00 bits per heavy atom. The lowest BCUT2D eigenvalue weighted by Gasteiger charge is -2.02. The molecule has 0 unspecified atom stereocenters. The minimum atomic E-state index is -1.27.